The zero-order valence-electron chi connectivity index (χ0n) is 10.3. The molecule has 0 saturated carbocycles. The second kappa shape index (κ2) is 8.10. The Bertz CT molecular complexity index is 272. The molecule has 0 radical (unpaired) electrons. The van der Waals surface area contributed by atoms with Crippen molar-refractivity contribution in [3.05, 3.63) is 42.0 Å². The van der Waals surface area contributed by atoms with E-state index in [4.69, 9.17) is 4.74 Å². The zero-order chi connectivity index (χ0) is 11.7. The van der Waals surface area contributed by atoms with Crippen LogP contribution < -0.4 is 0 Å². The lowest BCUT2D eigenvalue weighted by Gasteiger charge is -2.06. The minimum Gasteiger partial charge on any atom is -0.494 e. The van der Waals surface area contributed by atoms with Crippen molar-refractivity contribution < 1.29 is 4.74 Å². The Morgan fingerprint density at radius 2 is 1.67 bits per heavy atom. The normalized spacial score (nSPS) is 8.80. The number of rotatable bonds is 4. The van der Waals surface area contributed by atoms with Crippen molar-refractivity contribution in [1.82, 2.24) is 0 Å². The molecule has 0 N–H and O–H groups in total. The van der Waals surface area contributed by atoms with Crippen molar-refractivity contribution >= 4 is 5.76 Å². The third-order valence-electron chi connectivity index (χ3n) is 2.00. The summed E-state index contributed by atoms with van der Waals surface area (Å²) in [6.07, 6.45) is 1.07. The van der Waals surface area contributed by atoms with E-state index in [1.165, 1.54) is 5.56 Å². The van der Waals surface area contributed by atoms with Crippen LogP contribution in [0.1, 0.15) is 38.8 Å². The molecule has 0 aliphatic heterocycles. The van der Waals surface area contributed by atoms with Gasteiger partial charge in [-0.3, -0.25) is 0 Å². The van der Waals surface area contributed by atoms with Gasteiger partial charge in [-0.1, -0.05) is 51.6 Å². The molecule has 1 aromatic carbocycles. The second-order valence-electron chi connectivity index (χ2n) is 2.91. The van der Waals surface area contributed by atoms with E-state index < -0.39 is 0 Å². The lowest BCUT2D eigenvalue weighted by atomic mass is 10.1. The summed E-state index contributed by atoms with van der Waals surface area (Å²) in [6.45, 7) is 12.6. The molecule has 0 atom stereocenters. The van der Waals surface area contributed by atoms with Gasteiger partial charge in [0.1, 0.15) is 5.76 Å². The van der Waals surface area contributed by atoms with Crippen LogP contribution in [-0.4, -0.2) is 6.61 Å². The minimum absolute atomic E-state index is 0.675. The summed E-state index contributed by atoms with van der Waals surface area (Å²) in [5.41, 5.74) is 2.41. The Morgan fingerprint density at radius 1 is 1.13 bits per heavy atom. The van der Waals surface area contributed by atoms with E-state index >= 15 is 0 Å². The van der Waals surface area contributed by atoms with Gasteiger partial charge in [0.25, 0.3) is 0 Å². The topological polar surface area (TPSA) is 9.23 Å². The van der Waals surface area contributed by atoms with Crippen LogP contribution >= 0.6 is 0 Å². The maximum Gasteiger partial charge on any atom is 0.119 e. The van der Waals surface area contributed by atoms with Crippen LogP contribution in [0.4, 0.5) is 0 Å². The first-order valence-corrected chi connectivity index (χ1v) is 5.69. The average molecular weight is 206 g/mol. The van der Waals surface area contributed by atoms with Crippen molar-refractivity contribution in [2.75, 3.05) is 6.61 Å². The molecule has 1 heteroatoms. The summed E-state index contributed by atoms with van der Waals surface area (Å²) >= 11 is 0. The van der Waals surface area contributed by atoms with Crippen LogP contribution in [0.5, 0.6) is 0 Å². The molecule has 0 bridgehead atoms. The Balaban J connectivity index is 0.000000921. The maximum atomic E-state index is 5.31. The van der Waals surface area contributed by atoms with E-state index in [9.17, 15) is 0 Å². The third-order valence-corrected chi connectivity index (χ3v) is 2.00. The van der Waals surface area contributed by atoms with Gasteiger partial charge in [-0.05, 0) is 18.9 Å². The Labute approximate surface area is 93.8 Å². The number of aryl methyl sites for hydroxylation is 1. The molecule has 0 amide bonds. The molecule has 15 heavy (non-hydrogen) atoms. The number of benzene rings is 1. The molecule has 0 aliphatic carbocycles. The lowest BCUT2D eigenvalue weighted by Crippen LogP contribution is -1.90. The first-order chi connectivity index (χ1) is 7.27. The Morgan fingerprint density at radius 3 is 2.07 bits per heavy atom. The quantitative estimate of drug-likeness (QED) is 0.668. The molecule has 0 unspecified atom stereocenters. The van der Waals surface area contributed by atoms with Gasteiger partial charge in [-0.15, -0.1) is 0 Å². The molecule has 1 nitrogen and oxygen atoms in total. The molecule has 0 aliphatic rings. The maximum absolute atomic E-state index is 5.31. The predicted molar refractivity (Wildman–Crippen MR) is 67.8 cm³/mol. The van der Waals surface area contributed by atoms with Crippen LogP contribution in [0.3, 0.4) is 0 Å². The van der Waals surface area contributed by atoms with Crippen molar-refractivity contribution in [2.45, 2.75) is 34.1 Å². The molecule has 1 aromatic rings. The predicted octanol–water partition coefficient (Wildman–Crippen LogP) is 4.28. The molecule has 0 fully saturated rings. The lowest BCUT2D eigenvalue weighted by molar-refractivity contribution is 0.299. The Hall–Kier alpha value is -1.24. The van der Waals surface area contributed by atoms with Crippen molar-refractivity contribution in [3.8, 4) is 0 Å². The van der Waals surface area contributed by atoms with Gasteiger partial charge >= 0.3 is 0 Å². The first-order valence-electron chi connectivity index (χ1n) is 5.69. The molecule has 0 spiro atoms. The van der Waals surface area contributed by atoms with Gasteiger partial charge in [0.15, 0.2) is 0 Å². The van der Waals surface area contributed by atoms with Crippen molar-refractivity contribution in [2.24, 2.45) is 0 Å². The van der Waals surface area contributed by atoms with E-state index in [1.54, 1.807) is 0 Å². The molecule has 1 rings (SSSR count). The van der Waals surface area contributed by atoms with Gasteiger partial charge in [-0.2, -0.15) is 0 Å². The van der Waals surface area contributed by atoms with Crippen LogP contribution in [0.15, 0.2) is 30.8 Å². The van der Waals surface area contributed by atoms with Crippen LogP contribution in [0.2, 0.25) is 0 Å². The first kappa shape index (κ1) is 13.8. The van der Waals surface area contributed by atoms with Gasteiger partial charge < -0.3 is 4.74 Å². The molecule has 84 valence electrons. The number of ether oxygens (including phenoxy) is 1. The van der Waals surface area contributed by atoms with Crippen molar-refractivity contribution in [3.63, 3.8) is 0 Å². The van der Waals surface area contributed by atoms with E-state index in [0.29, 0.717) is 6.61 Å². The van der Waals surface area contributed by atoms with Crippen LogP contribution in [0.25, 0.3) is 5.76 Å². The summed E-state index contributed by atoms with van der Waals surface area (Å²) < 4.78 is 5.31. The smallest absolute Gasteiger partial charge is 0.119 e. The largest absolute Gasteiger partial charge is 0.494 e. The van der Waals surface area contributed by atoms with Gasteiger partial charge in [0.2, 0.25) is 0 Å². The van der Waals surface area contributed by atoms with Crippen molar-refractivity contribution in [1.29, 1.82) is 0 Å². The molecule has 0 saturated heterocycles. The van der Waals surface area contributed by atoms with E-state index in [0.717, 1.165) is 17.7 Å². The molecular weight excluding hydrogens is 184 g/mol. The highest BCUT2D eigenvalue weighted by atomic mass is 16.5. The fourth-order valence-electron chi connectivity index (χ4n) is 1.18. The van der Waals surface area contributed by atoms with Crippen LogP contribution in [0, 0.1) is 0 Å². The highest BCUT2D eigenvalue weighted by molar-refractivity contribution is 5.57. The monoisotopic (exact) mass is 206 g/mol. The SMILES string of the molecule is C=C(OCC)c1ccc(CC)cc1.CC. The molecular formula is C14H22O. The van der Waals surface area contributed by atoms with Gasteiger partial charge in [0, 0.05) is 5.56 Å². The number of hydrogen-bond donors (Lipinski definition) is 0. The average Bonchev–Trinajstić information content (AvgIpc) is 2.32. The molecule has 0 heterocycles. The van der Waals surface area contributed by atoms with Gasteiger partial charge in [0.05, 0.1) is 6.61 Å². The van der Waals surface area contributed by atoms with E-state index in [1.807, 2.05) is 20.8 Å². The summed E-state index contributed by atoms with van der Waals surface area (Å²) in [4.78, 5) is 0. The van der Waals surface area contributed by atoms with E-state index in [2.05, 4.69) is 37.8 Å². The summed E-state index contributed by atoms with van der Waals surface area (Å²) in [5, 5.41) is 0. The zero-order valence-corrected chi connectivity index (χ0v) is 10.3. The second-order valence-corrected chi connectivity index (χ2v) is 2.91. The van der Waals surface area contributed by atoms with Crippen LogP contribution in [-0.2, 0) is 11.2 Å². The van der Waals surface area contributed by atoms with E-state index in [-0.39, 0.29) is 0 Å². The Kier molecular flexibility index (Phi) is 7.43. The third kappa shape index (κ3) is 4.68. The summed E-state index contributed by atoms with van der Waals surface area (Å²) in [7, 11) is 0. The highest BCUT2D eigenvalue weighted by Crippen LogP contribution is 2.14. The summed E-state index contributed by atoms with van der Waals surface area (Å²) in [5.74, 6) is 0.755. The fraction of sp³-hybridized carbons (Fsp3) is 0.429. The molecule has 0 aromatic heterocycles. The number of hydrogen-bond acceptors (Lipinski definition) is 1. The summed E-state index contributed by atoms with van der Waals surface area (Å²) in [6, 6.07) is 8.33. The highest BCUT2D eigenvalue weighted by Gasteiger charge is 1.97. The standard InChI is InChI=1S/C12H16O.C2H6/c1-4-11-6-8-12(9-7-11)10(3)13-5-2;1-2/h6-9H,3-5H2,1-2H3;1-2H3. The minimum atomic E-state index is 0.675. The fourth-order valence-corrected chi connectivity index (χ4v) is 1.18. The van der Waals surface area contributed by atoms with Gasteiger partial charge in [-0.25, -0.2) is 0 Å².